The molecule has 28 heavy (non-hydrogen) atoms. The predicted octanol–water partition coefficient (Wildman–Crippen LogP) is 2.84. The second-order valence-corrected chi connectivity index (χ2v) is 6.45. The zero-order chi connectivity index (χ0) is 19.5. The highest BCUT2D eigenvalue weighted by atomic mass is 16.5. The third-order valence-corrected chi connectivity index (χ3v) is 4.63. The van der Waals surface area contributed by atoms with Crippen molar-refractivity contribution in [2.75, 3.05) is 12.0 Å². The van der Waals surface area contributed by atoms with Crippen molar-refractivity contribution in [1.29, 1.82) is 5.26 Å². The lowest BCUT2D eigenvalue weighted by atomic mass is 10.0. The van der Waals surface area contributed by atoms with Gasteiger partial charge in [0.2, 0.25) is 0 Å². The molecule has 3 heterocycles. The Morgan fingerprint density at radius 2 is 2.07 bits per heavy atom. The monoisotopic (exact) mass is 375 g/mol. The van der Waals surface area contributed by atoms with Crippen LogP contribution in [0.4, 0.5) is 5.82 Å². The SMILES string of the molecule is CCOC(C)n1cc(C2=NNNc3c2c(C#N)cn3Cc2ccccc2)cn1. The fraction of sp³-hybridized carbons (Fsp3) is 0.250. The number of nitrogens with zero attached hydrogens (tertiary/aromatic N) is 5. The fourth-order valence-corrected chi connectivity index (χ4v) is 3.30. The van der Waals surface area contributed by atoms with Gasteiger partial charge in [0.05, 0.1) is 17.3 Å². The Morgan fingerprint density at radius 3 is 2.82 bits per heavy atom. The van der Waals surface area contributed by atoms with E-state index in [1.165, 1.54) is 0 Å². The topological polar surface area (TPSA) is 92.2 Å². The van der Waals surface area contributed by atoms with Crippen LogP contribution in [0.1, 0.15) is 42.3 Å². The predicted molar refractivity (Wildman–Crippen MR) is 106 cm³/mol. The van der Waals surface area contributed by atoms with E-state index < -0.39 is 0 Å². The minimum atomic E-state index is -0.174. The molecule has 142 valence electrons. The van der Waals surface area contributed by atoms with E-state index in [0.717, 1.165) is 22.5 Å². The van der Waals surface area contributed by atoms with Gasteiger partial charge in [-0.1, -0.05) is 30.3 Å². The van der Waals surface area contributed by atoms with E-state index in [9.17, 15) is 5.26 Å². The zero-order valence-corrected chi connectivity index (χ0v) is 15.8. The van der Waals surface area contributed by atoms with Gasteiger partial charge in [-0.15, -0.1) is 0 Å². The summed E-state index contributed by atoms with van der Waals surface area (Å²) in [5, 5.41) is 18.5. The van der Waals surface area contributed by atoms with Crippen molar-refractivity contribution in [3.05, 3.63) is 71.2 Å². The normalized spacial score (nSPS) is 13.7. The van der Waals surface area contributed by atoms with Gasteiger partial charge in [-0.05, 0) is 19.4 Å². The van der Waals surface area contributed by atoms with Crippen LogP contribution in [0.3, 0.4) is 0 Å². The summed E-state index contributed by atoms with van der Waals surface area (Å²) in [7, 11) is 0. The number of hydrogen-bond donors (Lipinski definition) is 2. The average molecular weight is 375 g/mol. The highest BCUT2D eigenvalue weighted by Crippen LogP contribution is 2.28. The maximum Gasteiger partial charge on any atom is 0.147 e. The van der Waals surface area contributed by atoms with E-state index in [1.54, 1.807) is 10.9 Å². The lowest BCUT2D eigenvalue weighted by Crippen LogP contribution is -2.27. The van der Waals surface area contributed by atoms with E-state index in [4.69, 9.17) is 4.74 Å². The highest BCUT2D eigenvalue weighted by Gasteiger charge is 2.26. The summed E-state index contributed by atoms with van der Waals surface area (Å²) >= 11 is 0. The van der Waals surface area contributed by atoms with Crippen molar-refractivity contribution >= 4 is 11.5 Å². The molecule has 8 nitrogen and oxygen atoms in total. The lowest BCUT2D eigenvalue weighted by Gasteiger charge is -2.18. The minimum Gasteiger partial charge on any atom is -0.357 e. The molecule has 0 spiro atoms. The van der Waals surface area contributed by atoms with Gasteiger partial charge in [0.15, 0.2) is 0 Å². The molecular weight excluding hydrogens is 354 g/mol. The maximum absolute atomic E-state index is 9.69. The quantitative estimate of drug-likeness (QED) is 0.691. The van der Waals surface area contributed by atoms with Crippen molar-refractivity contribution in [1.82, 2.24) is 19.9 Å². The third-order valence-electron chi connectivity index (χ3n) is 4.63. The molecule has 1 atom stereocenters. The molecule has 0 fully saturated rings. The number of benzene rings is 1. The van der Waals surface area contributed by atoms with Crippen LogP contribution < -0.4 is 11.0 Å². The Morgan fingerprint density at radius 1 is 1.25 bits per heavy atom. The summed E-state index contributed by atoms with van der Waals surface area (Å²) in [6, 6.07) is 12.4. The molecule has 3 aromatic rings. The Hall–Kier alpha value is -3.57. The Balaban J connectivity index is 1.71. The Kier molecular flexibility index (Phi) is 4.83. The molecule has 1 aromatic carbocycles. The number of nitriles is 1. The van der Waals surface area contributed by atoms with Gasteiger partial charge < -0.3 is 9.30 Å². The second kappa shape index (κ2) is 7.58. The van der Waals surface area contributed by atoms with Gasteiger partial charge in [0, 0.05) is 31.1 Å². The number of rotatable bonds is 6. The first-order valence-electron chi connectivity index (χ1n) is 9.13. The molecule has 0 amide bonds. The summed E-state index contributed by atoms with van der Waals surface area (Å²) in [5.74, 6) is 0.802. The van der Waals surface area contributed by atoms with Gasteiger partial charge in [-0.25, -0.2) is 10.2 Å². The zero-order valence-electron chi connectivity index (χ0n) is 15.8. The number of anilines is 1. The molecule has 2 N–H and O–H groups in total. The van der Waals surface area contributed by atoms with Crippen LogP contribution in [0.2, 0.25) is 0 Å². The van der Waals surface area contributed by atoms with Gasteiger partial charge in [-0.2, -0.15) is 15.5 Å². The van der Waals surface area contributed by atoms with Crippen LogP contribution in [0, 0.1) is 11.3 Å². The summed E-state index contributed by atoms with van der Waals surface area (Å²) in [6.07, 6.45) is 5.29. The molecule has 8 heteroatoms. The molecule has 0 saturated heterocycles. The van der Waals surface area contributed by atoms with Gasteiger partial charge in [0.25, 0.3) is 0 Å². The first-order valence-corrected chi connectivity index (χ1v) is 9.13. The maximum atomic E-state index is 9.69. The summed E-state index contributed by atoms with van der Waals surface area (Å²) < 4.78 is 9.35. The molecule has 1 aliphatic heterocycles. The molecule has 0 radical (unpaired) electrons. The smallest absolute Gasteiger partial charge is 0.147 e. The Bertz CT molecular complexity index is 1040. The third kappa shape index (κ3) is 3.23. The number of nitrogens with one attached hydrogen (secondary N) is 2. The number of hydrazone groups is 1. The van der Waals surface area contributed by atoms with E-state index in [0.29, 0.717) is 24.4 Å². The molecular formula is C20H21N7O. The number of aromatic nitrogens is 3. The molecule has 0 aliphatic carbocycles. The standard InChI is InChI=1S/C20H21N7O/c1-3-28-14(2)27-13-17(10-22-27)19-18-16(9-21)12-26(20(18)24-25-23-19)11-15-7-5-4-6-8-15/h4-8,10,12-14,24-25H,3,11H2,1-2H3. The first-order chi connectivity index (χ1) is 13.7. The number of hydrogen-bond acceptors (Lipinski definition) is 6. The molecule has 4 rings (SSSR count). The summed E-state index contributed by atoms with van der Waals surface area (Å²) in [4.78, 5) is 0. The first kappa shape index (κ1) is 17.8. The second-order valence-electron chi connectivity index (χ2n) is 6.45. The van der Waals surface area contributed by atoms with Gasteiger partial charge >= 0.3 is 0 Å². The van der Waals surface area contributed by atoms with Crippen molar-refractivity contribution in [3.63, 3.8) is 0 Å². The molecule has 1 unspecified atom stereocenters. The number of fused-ring (bicyclic) bond motifs is 1. The van der Waals surface area contributed by atoms with E-state index in [2.05, 4.69) is 39.4 Å². The molecule has 2 aromatic heterocycles. The van der Waals surface area contributed by atoms with Crippen LogP contribution in [0.15, 0.2) is 54.0 Å². The van der Waals surface area contributed by atoms with E-state index in [-0.39, 0.29) is 6.23 Å². The number of ether oxygens (including phenoxy) is 1. The molecule has 1 aliphatic rings. The van der Waals surface area contributed by atoms with Gasteiger partial charge in [-0.3, -0.25) is 5.43 Å². The van der Waals surface area contributed by atoms with E-state index in [1.807, 2.05) is 49.0 Å². The van der Waals surface area contributed by atoms with Crippen LogP contribution in [0.25, 0.3) is 0 Å². The van der Waals surface area contributed by atoms with Crippen LogP contribution in [0.5, 0.6) is 0 Å². The van der Waals surface area contributed by atoms with Crippen molar-refractivity contribution in [2.45, 2.75) is 26.6 Å². The van der Waals surface area contributed by atoms with Crippen LogP contribution >= 0.6 is 0 Å². The van der Waals surface area contributed by atoms with Crippen LogP contribution in [-0.4, -0.2) is 26.7 Å². The van der Waals surface area contributed by atoms with Crippen molar-refractivity contribution < 1.29 is 4.74 Å². The lowest BCUT2D eigenvalue weighted by molar-refractivity contribution is 0.0159. The molecule has 0 saturated carbocycles. The molecule has 0 bridgehead atoms. The fourth-order valence-electron chi connectivity index (χ4n) is 3.30. The summed E-state index contributed by atoms with van der Waals surface area (Å²) in [6.45, 7) is 5.13. The Labute approximate surface area is 163 Å². The minimum absolute atomic E-state index is 0.174. The highest BCUT2D eigenvalue weighted by molar-refractivity contribution is 6.17. The van der Waals surface area contributed by atoms with Crippen molar-refractivity contribution in [3.8, 4) is 6.07 Å². The largest absolute Gasteiger partial charge is 0.357 e. The van der Waals surface area contributed by atoms with E-state index >= 15 is 0 Å². The van der Waals surface area contributed by atoms with Crippen molar-refractivity contribution in [2.24, 2.45) is 5.10 Å². The van der Waals surface area contributed by atoms with Gasteiger partial charge in [0.1, 0.15) is 23.8 Å². The summed E-state index contributed by atoms with van der Waals surface area (Å²) in [5.41, 5.74) is 9.89. The van der Waals surface area contributed by atoms with Crippen LogP contribution in [-0.2, 0) is 11.3 Å². The number of hydrazine groups is 1. The average Bonchev–Trinajstić information content (AvgIpc) is 3.34.